The smallest absolute Gasteiger partial charge is 0.523 e. The SMILES string of the molecule is O=C([O-])C1=CCOC1OS(=O)(=O)C(F)(F)F. The lowest BCUT2D eigenvalue weighted by molar-refractivity contribution is -0.301. The van der Waals surface area contributed by atoms with Crippen molar-refractivity contribution in [2.45, 2.75) is 11.8 Å². The first-order valence-electron chi connectivity index (χ1n) is 3.67. The van der Waals surface area contributed by atoms with Crippen LogP contribution in [0.1, 0.15) is 0 Å². The Balaban J connectivity index is 2.85. The Morgan fingerprint density at radius 2 is 2.12 bits per heavy atom. The number of carbonyl (C=O) groups is 1. The molecule has 0 aliphatic carbocycles. The van der Waals surface area contributed by atoms with Crippen molar-refractivity contribution in [3.8, 4) is 0 Å². The highest BCUT2D eigenvalue weighted by Gasteiger charge is 2.49. The molecule has 1 aliphatic heterocycles. The molecule has 0 N–H and O–H groups in total. The normalized spacial score (nSPS) is 21.9. The molecule has 92 valence electrons. The van der Waals surface area contributed by atoms with E-state index >= 15 is 0 Å². The first kappa shape index (κ1) is 12.9. The highest BCUT2D eigenvalue weighted by Crippen LogP contribution is 2.28. The van der Waals surface area contributed by atoms with Gasteiger partial charge in [0, 0.05) is 5.57 Å². The van der Waals surface area contributed by atoms with Gasteiger partial charge in [0.15, 0.2) is 0 Å². The Morgan fingerprint density at radius 1 is 1.56 bits per heavy atom. The van der Waals surface area contributed by atoms with Crippen LogP contribution in [-0.2, 0) is 23.8 Å². The summed E-state index contributed by atoms with van der Waals surface area (Å²) in [7, 11) is -5.90. The number of hydrogen-bond donors (Lipinski definition) is 0. The van der Waals surface area contributed by atoms with Gasteiger partial charge in [0.05, 0.1) is 12.6 Å². The van der Waals surface area contributed by atoms with E-state index in [0.29, 0.717) is 0 Å². The van der Waals surface area contributed by atoms with Crippen LogP contribution in [0.4, 0.5) is 13.2 Å². The van der Waals surface area contributed by atoms with E-state index in [4.69, 9.17) is 0 Å². The molecule has 0 aromatic carbocycles. The first-order valence-corrected chi connectivity index (χ1v) is 5.08. The maximum atomic E-state index is 11.9. The first-order chi connectivity index (χ1) is 7.15. The second-order valence-electron chi connectivity index (χ2n) is 2.61. The van der Waals surface area contributed by atoms with Crippen molar-refractivity contribution in [3.63, 3.8) is 0 Å². The zero-order chi connectivity index (χ0) is 12.6. The Labute approximate surface area is 87.4 Å². The Morgan fingerprint density at radius 3 is 2.56 bits per heavy atom. The fourth-order valence-corrected chi connectivity index (χ4v) is 1.34. The molecule has 1 rings (SSSR count). The van der Waals surface area contributed by atoms with Crippen molar-refractivity contribution in [2.24, 2.45) is 0 Å². The fraction of sp³-hybridized carbons (Fsp3) is 0.500. The van der Waals surface area contributed by atoms with Gasteiger partial charge in [0.2, 0.25) is 6.29 Å². The van der Waals surface area contributed by atoms with Crippen LogP contribution in [0.2, 0.25) is 0 Å². The quantitative estimate of drug-likeness (QED) is 0.472. The summed E-state index contributed by atoms with van der Waals surface area (Å²) in [6.45, 7) is -0.374. The summed E-state index contributed by atoms with van der Waals surface area (Å²) in [5.41, 5.74) is -6.44. The molecule has 0 aromatic heterocycles. The summed E-state index contributed by atoms with van der Waals surface area (Å²) in [5, 5.41) is 10.3. The molecule has 10 heteroatoms. The Hall–Kier alpha value is -1.13. The van der Waals surface area contributed by atoms with E-state index in [0.717, 1.165) is 6.08 Å². The second kappa shape index (κ2) is 4.03. The van der Waals surface area contributed by atoms with Crippen LogP contribution in [0.3, 0.4) is 0 Å². The number of carboxylic acids is 1. The molecule has 1 heterocycles. The van der Waals surface area contributed by atoms with Crippen LogP contribution in [0, 0.1) is 0 Å². The predicted molar refractivity (Wildman–Crippen MR) is 38.9 cm³/mol. The van der Waals surface area contributed by atoms with Crippen molar-refractivity contribution in [1.29, 1.82) is 0 Å². The van der Waals surface area contributed by atoms with E-state index in [1.54, 1.807) is 0 Å². The largest absolute Gasteiger partial charge is 0.545 e. The molecule has 0 spiro atoms. The minimum absolute atomic E-state index is 0.374. The minimum Gasteiger partial charge on any atom is -0.545 e. The van der Waals surface area contributed by atoms with Gasteiger partial charge in [-0.25, -0.2) is 4.18 Å². The Kier molecular flexibility index (Phi) is 3.26. The molecular formula is C6H4F3O6S-. The Bertz CT molecular complexity index is 422. The van der Waals surface area contributed by atoms with Gasteiger partial charge in [-0.05, 0) is 6.08 Å². The van der Waals surface area contributed by atoms with E-state index in [9.17, 15) is 31.5 Å². The number of ether oxygens (including phenoxy) is 1. The molecule has 1 unspecified atom stereocenters. The fourth-order valence-electron chi connectivity index (χ4n) is 0.840. The number of aliphatic carboxylic acids is 1. The molecule has 0 radical (unpaired) electrons. The average molecular weight is 261 g/mol. The number of alkyl halides is 3. The van der Waals surface area contributed by atoms with Crippen molar-refractivity contribution in [2.75, 3.05) is 6.61 Å². The molecule has 0 fully saturated rings. The molecule has 16 heavy (non-hydrogen) atoms. The van der Waals surface area contributed by atoms with E-state index in [2.05, 4.69) is 8.92 Å². The van der Waals surface area contributed by atoms with Gasteiger partial charge in [-0.3, -0.25) is 0 Å². The van der Waals surface area contributed by atoms with Crippen LogP contribution in [-0.4, -0.2) is 32.8 Å². The maximum absolute atomic E-state index is 11.9. The van der Waals surface area contributed by atoms with Crippen LogP contribution in [0.15, 0.2) is 11.6 Å². The molecule has 0 aromatic rings. The molecule has 0 bridgehead atoms. The van der Waals surface area contributed by atoms with E-state index in [1.807, 2.05) is 0 Å². The number of carboxylic acid groups (broad SMARTS) is 1. The van der Waals surface area contributed by atoms with Crippen LogP contribution in [0.25, 0.3) is 0 Å². The highest BCUT2D eigenvalue weighted by molar-refractivity contribution is 7.87. The van der Waals surface area contributed by atoms with Crippen LogP contribution < -0.4 is 5.11 Å². The summed E-state index contributed by atoms with van der Waals surface area (Å²) in [6, 6.07) is 0. The number of halogens is 3. The number of carbonyl (C=O) groups excluding carboxylic acids is 1. The maximum Gasteiger partial charge on any atom is 0.523 e. The summed E-state index contributed by atoms with van der Waals surface area (Å²) in [5.74, 6) is -1.86. The molecule has 1 atom stereocenters. The lowest BCUT2D eigenvalue weighted by Crippen LogP contribution is -2.35. The van der Waals surface area contributed by atoms with Crippen molar-refractivity contribution in [1.82, 2.24) is 0 Å². The van der Waals surface area contributed by atoms with Gasteiger partial charge in [-0.2, -0.15) is 21.6 Å². The summed E-state index contributed by atoms with van der Waals surface area (Å²) < 4.78 is 64.5. The van der Waals surface area contributed by atoms with Gasteiger partial charge in [0.25, 0.3) is 0 Å². The molecular weight excluding hydrogens is 257 g/mol. The van der Waals surface area contributed by atoms with Crippen molar-refractivity contribution < 1.29 is 40.4 Å². The van der Waals surface area contributed by atoms with Gasteiger partial charge >= 0.3 is 15.6 Å². The predicted octanol–water partition coefficient (Wildman–Crippen LogP) is -1.11. The summed E-state index contributed by atoms with van der Waals surface area (Å²) >= 11 is 0. The lowest BCUT2D eigenvalue weighted by Gasteiger charge is -2.16. The molecule has 0 amide bonds. The minimum atomic E-state index is -5.90. The number of rotatable bonds is 3. The highest BCUT2D eigenvalue weighted by atomic mass is 32.2. The zero-order valence-corrected chi connectivity index (χ0v) is 8.17. The van der Waals surface area contributed by atoms with Crippen molar-refractivity contribution in [3.05, 3.63) is 11.6 Å². The topological polar surface area (TPSA) is 92.7 Å². The van der Waals surface area contributed by atoms with Gasteiger partial charge < -0.3 is 14.6 Å². The van der Waals surface area contributed by atoms with Crippen LogP contribution in [0.5, 0.6) is 0 Å². The molecule has 0 saturated heterocycles. The van der Waals surface area contributed by atoms with Gasteiger partial charge in [0.1, 0.15) is 0 Å². The third-order valence-electron chi connectivity index (χ3n) is 1.54. The second-order valence-corrected chi connectivity index (χ2v) is 4.17. The lowest BCUT2D eigenvalue weighted by atomic mass is 10.3. The molecule has 0 saturated carbocycles. The van der Waals surface area contributed by atoms with Crippen molar-refractivity contribution >= 4 is 16.1 Å². The van der Waals surface area contributed by atoms with E-state index < -0.39 is 33.5 Å². The number of hydrogen-bond acceptors (Lipinski definition) is 6. The van der Waals surface area contributed by atoms with Gasteiger partial charge in [-0.15, -0.1) is 0 Å². The third-order valence-corrected chi connectivity index (χ3v) is 2.53. The third kappa shape index (κ3) is 2.51. The molecule has 6 nitrogen and oxygen atoms in total. The van der Waals surface area contributed by atoms with E-state index in [-0.39, 0.29) is 6.61 Å². The standard InChI is InChI=1S/C6H5F3O6S/c7-6(8,9)16(12,13)15-5-3(4(10)11)1-2-14-5/h1,5H,2H2,(H,10,11)/p-1. The summed E-state index contributed by atoms with van der Waals surface area (Å²) in [4.78, 5) is 10.3. The zero-order valence-electron chi connectivity index (χ0n) is 7.35. The summed E-state index contributed by atoms with van der Waals surface area (Å²) in [6.07, 6.45) is -1.28. The molecule has 1 aliphatic rings. The average Bonchev–Trinajstić information content (AvgIpc) is 2.49. The van der Waals surface area contributed by atoms with E-state index in [1.165, 1.54) is 0 Å². The van der Waals surface area contributed by atoms with Gasteiger partial charge in [-0.1, -0.05) is 0 Å². The van der Waals surface area contributed by atoms with Crippen LogP contribution >= 0.6 is 0 Å². The monoisotopic (exact) mass is 261 g/mol.